The second-order valence-corrected chi connectivity index (χ2v) is 8.91. The van der Waals surface area contributed by atoms with E-state index in [4.69, 9.17) is 0 Å². The Morgan fingerprint density at radius 2 is 1.66 bits per heavy atom. The number of rotatable bonds is 8. The van der Waals surface area contributed by atoms with Gasteiger partial charge in [0, 0.05) is 62.6 Å². The number of piperazine rings is 1. The number of nitrogens with one attached hydrogen (secondary N) is 2. The number of carbonyl (C=O) groups is 2. The Morgan fingerprint density at radius 1 is 1.00 bits per heavy atom. The van der Waals surface area contributed by atoms with Crippen LogP contribution in [0, 0.1) is 19.8 Å². The van der Waals surface area contributed by atoms with Gasteiger partial charge >= 0.3 is 0 Å². The molecular weight excluding hydrogens is 404 g/mol. The van der Waals surface area contributed by atoms with Crippen LogP contribution in [0.5, 0.6) is 0 Å². The molecular formula is C24H36N6O2. The molecule has 0 radical (unpaired) electrons. The van der Waals surface area contributed by atoms with E-state index < -0.39 is 0 Å². The minimum absolute atomic E-state index is 0.173. The highest BCUT2D eigenvalue weighted by molar-refractivity contribution is 5.83. The Bertz CT molecular complexity index is 901. The number of hydrazine groups is 1. The van der Waals surface area contributed by atoms with Gasteiger partial charge in [-0.1, -0.05) is 32.0 Å². The summed E-state index contributed by atoms with van der Waals surface area (Å²) < 4.78 is 1.96. The number of hydrogen-bond acceptors (Lipinski definition) is 5. The quantitative estimate of drug-likeness (QED) is 0.614. The molecule has 2 amide bonds. The van der Waals surface area contributed by atoms with Crippen LogP contribution in [0.15, 0.2) is 30.3 Å². The fourth-order valence-electron chi connectivity index (χ4n) is 4.05. The van der Waals surface area contributed by atoms with Crippen LogP contribution in [0.4, 0.5) is 5.69 Å². The lowest BCUT2D eigenvalue weighted by Gasteiger charge is -2.36. The molecule has 0 spiro atoms. The SMILES string of the molecule is Cc1nn(CC(C)C)c(C)c1CC(=O)NNC(=O)CCN1CCN(c2ccccc2)CC1. The van der Waals surface area contributed by atoms with Crippen LogP contribution in [0.3, 0.4) is 0 Å². The van der Waals surface area contributed by atoms with Gasteiger partial charge in [-0.05, 0) is 31.9 Å². The summed E-state index contributed by atoms with van der Waals surface area (Å²) in [6.07, 6.45) is 0.563. The van der Waals surface area contributed by atoms with Gasteiger partial charge in [0.2, 0.25) is 11.8 Å². The molecule has 1 aromatic heterocycles. The fraction of sp³-hybridized carbons (Fsp3) is 0.542. The van der Waals surface area contributed by atoms with Crippen LogP contribution in [-0.2, 0) is 22.6 Å². The Kier molecular flexibility index (Phi) is 8.27. The zero-order chi connectivity index (χ0) is 23.1. The normalized spacial score (nSPS) is 14.6. The molecule has 174 valence electrons. The molecule has 8 nitrogen and oxygen atoms in total. The van der Waals surface area contributed by atoms with Gasteiger partial charge < -0.3 is 4.90 Å². The van der Waals surface area contributed by atoms with Crippen molar-refractivity contribution in [1.29, 1.82) is 0 Å². The summed E-state index contributed by atoms with van der Waals surface area (Å²) in [6, 6.07) is 10.4. The molecule has 1 aliphatic rings. The molecule has 2 aromatic rings. The molecule has 0 saturated carbocycles. The lowest BCUT2D eigenvalue weighted by molar-refractivity contribution is -0.128. The van der Waals surface area contributed by atoms with E-state index in [0.717, 1.165) is 49.7 Å². The summed E-state index contributed by atoms with van der Waals surface area (Å²) in [5.41, 5.74) is 9.14. The number of anilines is 1. The third kappa shape index (κ3) is 6.56. The average Bonchev–Trinajstić information content (AvgIpc) is 3.04. The predicted molar refractivity (Wildman–Crippen MR) is 126 cm³/mol. The van der Waals surface area contributed by atoms with Crippen LogP contribution in [-0.4, -0.2) is 59.2 Å². The van der Waals surface area contributed by atoms with Gasteiger partial charge in [0.1, 0.15) is 0 Å². The summed E-state index contributed by atoms with van der Waals surface area (Å²) in [7, 11) is 0. The number of hydrogen-bond donors (Lipinski definition) is 2. The molecule has 0 atom stereocenters. The Balaban J connectivity index is 1.36. The maximum atomic E-state index is 12.4. The molecule has 2 heterocycles. The first-order valence-corrected chi connectivity index (χ1v) is 11.5. The van der Waals surface area contributed by atoms with E-state index in [0.29, 0.717) is 18.9 Å². The van der Waals surface area contributed by atoms with E-state index in [1.54, 1.807) is 0 Å². The lowest BCUT2D eigenvalue weighted by Crippen LogP contribution is -2.48. The van der Waals surface area contributed by atoms with Gasteiger partial charge in [-0.2, -0.15) is 5.10 Å². The van der Waals surface area contributed by atoms with Crippen LogP contribution in [0.1, 0.15) is 37.2 Å². The molecule has 0 aliphatic carbocycles. The van der Waals surface area contributed by atoms with Crippen LogP contribution in [0.2, 0.25) is 0 Å². The average molecular weight is 441 g/mol. The van der Waals surface area contributed by atoms with Crippen molar-refractivity contribution in [1.82, 2.24) is 25.5 Å². The summed E-state index contributed by atoms with van der Waals surface area (Å²) >= 11 is 0. The van der Waals surface area contributed by atoms with E-state index in [-0.39, 0.29) is 18.2 Å². The van der Waals surface area contributed by atoms with Crippen molar-refractivity contribution in [3.63, 3.8) is 0 Å². The van der Waals surface area contributed by atoms with Crippen molar-refractivity contribution < 1.29 is 9.59 Å². The third-order valence-corrected chi connectivity index (χ3v) is 5.90. The minimum Gasteiger partial charge on any atom is -0.369 e. The van der Waals surface area contributed by atoms with Gasteiger partial charge in [-0.25, -0.2) is 0 Å². The number of benzene rings is 1. The minimum atomic E-state index is -0.231. The molecule has 1 saturated heterocycles. The van der Waals surface area contributed by atoms with Crippen molar-refractivity contribution in [3.8, 4) is 0 Å². The molecule has 1 fully saturated rings. The van der Waals surface area contributed by atoms with Crippen molar-refractivity contribution >= 4 is 17.5 Å². The maximum Gasteiger partial charge on any atom is 0.242 e. The van der Waals surface area contributed by atoms with E-state index >= 15 is 0 Å². The largest absolute Gasteiger partial charge is 0.369 e. The van der Waals surface area contributed by atoms with Gasteiger partial charge in [0.15, 0.2) is 0 Å². The van der Waals surface area contributed by atoms with Crippen molar-refractivity contribution in [2.24, 2.45) is 5.92 Å². The second-order valence-electron chi connectivity index (χ2n) is 8.91. The van der Waals surface area contributed by atoms with Gasteiger partial charge in [-0.15, -0.1) is 0 Å². The molecule has 2 N–H and O–H groups in total. The van der Waals surface area contributed by atoms with Gasteiger partial charge in [0.25, 0.3) is 0 Å². The van der Waals surface area contributed by atoms with Gasteiger partial charge in [0.05, 0.1) is 12.1 Å². The molecule has 1 aliphatic heterocycles. The second kappa shape index (κ2) is 11.1. The number of amides is 2. The van der Waals surface area contributed by atoms with Gasteiger partial charge in [-0.3, -0.25) is 30.0 Å². The summed E-state index contributed by atoms with van der Waals surface area (Å²) in [4.78, 5) is 29.2. The molecule has 32 heavy (non-hydrogen) atoms. The Labute approximate surface area is 190 Å². The van der Waals surface area contributed by atoms with Crippen LogP contribution >= 0.6 is 0 Å². The lowest BCUT2D eigenvalue weighted by atomic mass is 10.1. The molecule has 0 unspecified atom stereocenters. The fourth-order valence-corrected chi connectivity index (χ4v) is 4.05. The Morgan fingerprint density at radius 3 is 2.31 bits per heavy atom. The first-order valence-electron chi connectivity index (χ1n) is 11.5. The summed E-state index contributed by atoms with van der Waals surface area (Å²) in [6.45, 7) is 13.4. The number of carbonyl (C=O) groups excluding carboxylic acids is 2. The highest BCUT2D eigenvalue weighted by Crippen LogP contribution is 2.16. The van der Waals surface area contributed by atoms with Crippen LogP contribution in [0.25, 0.3) is 0 Å². The number of para-hydroxylation sites is 1. The zero-order valence-electron chi connectivity index (χ0n) is 19.7. The van der Waals surface area contributed by atoms with E-state index in [1.807, 2.05) is 24.6 Å². The summed E-state index contributed by atoms with van der Waals surface area (Å²) in [5.74, 6) is 0.0770. The summed E-state index contributed by atoms with van der Waals surface area (Å²) in [5, 5.41) is 4.54. The van der Waals surface area contributed by atoms with Crippen molar-refractivity contribution in [3.05, 3.63) is 47.3 Å². The van der Waals surface area contributed by atoms with Crippen molar-refractivity contribution in [2.75, 3.05) is 37.6 Å². The smallest absolute Gasteiger partial charge is 0.242 e. The highest BCUT2D eigenvalue weighted by Gasteiger charge is 2.19. The highest BCUT2D eigenvalue weighted by atomic mass is 16.2. The zero-order valence-corrected chi connectivity index (χ0v) is 19.7. The number of aromatic nitrogens is 2. The Hall–Kier alpha value is -2.87. The van der Waals surface area contributed by atoms with E-state index in [9.17, 15) is 9.59 Å². The third-order valence-electron chi connectivity index (χ3n) is 5.90. The van der Waals surface area contributed by atoms with Crippen molar-refractivity contribution in [2.45, 2.75) is 47.1 Å². The number of nitrogens with zero attached hydrogens (tertiary/aromatic N) is 4. The van der Waals surface area contributed by atoms with E-state index in [1.165, 1.54) is 5.69 Å². The molecule has 0 bridgehead atoms. The molecule has 8 heteroatoms. The predicted octanol–water partition coefficient (Wildman–Crippen LogP) is 2.06. The standard InChI is InChI=1S/C24H36N6O2/c1-18(2)17-30-20(4)22(19(3)27-30)16-24(32)26-25-23(31)10-11-28-12-14-29(15-13-28)21-8-6-5-7-9-21/h5-9,18H,10-17H2,1-4H3,(H,25,31)(H,26,32). The molecule has 1 aromatic carbocycles. The monoisotopic (exact) mass is 440 g/mol. The first kappa shape index (κ1) is 23.8. The number of aryl methyl sites for hydroxylation is 1. The molecule has 3 rings (SSSR count). The first-order chi connectivity index (χ1) is 15.3. The topological polar surface area (TPSA) is 82.5 Å². The van der Waals surface area contributed by atoms with E-state index in [2.05, 4.69) is 63.9 Å². The van der Waals surface area contributed by atoms with Crippen LogP contribution < -0.4 is 15.8 Å². The maximum absolute atomic E-state index is 12.4.